The van der Waals surface area contributed by atoms with Crippen molar-refractivity contribution < 1.29 is 13.6 Å². The molecule has 2 N–H and O–H groups in total. The number of carbonyl (C=O) groups excluding carboxylic acids is 1. The number of benzene rings is 2. The van der Waals surface area contributed by atoms with Gasteiger partial charge in [0, 0.05) is 24.5 Å². The van der Waals surface area contributed by atoms with E-state index in [1.165, 1.54) is 12.3 Å². The van der Waals surface area contributed by atoms with Crippen LogP contribution in [0, 0.1) is 18.6 Å². The van der Waals surface area contributed by atoms with Crippen molar-refractivity contribution in [3.05, 3.63) is 89.1 Å². The summed E-state index contributed by atoms with van der Waals surface area (Å²) >= 11 is 0. The fourth-order valence-corrected chi connectivity index (χ4v) is 2.41. The Morgan fingerprint density at radius 2 is 1.85 bits per heavy atom. The molecule has 4 nitrogen and oxygen atoms in total. The van der Waals surface area contributed by atoms with Crippen LogP contribution in [0.25, 0.3) is 0 Å². The summed E-state index contributed by atoms with van der Waals surface area (Å²) in [6, 6.07) is 14.5. The predicted octanol–water partition coefficient (Wildman–Crippen LogP) is 4.34. The molecular formula is C20H17F2N3O. The molecule has 1 heterocycles. The highest BCUT2D eigenvalue weighted by molar-refractivity contribution is 5.94. The number of amides is 1. The molecule has 0 aliphatic rings. The van der Waals surface area contributed by atoms with Gasteiger partial charge in [0.1, 0.15) is 5.82 Å². The zero-order valence-corrected chi connectivity index (χ0v) is 14.1. The highest BCUT2D eigenvalue weighted by Crippen LogP contribution is 2.17. The molecule has 0 bridgehead atoms. The predicted molar refractivity (Wildman–Crippen MR) is 96.2 cm³/mol. The van der Waals surface area contributed by atoms with Crippen LogP contribution in [0.4, 0.5) is 20.3 Å². The quantitative estimate of drug-likeness (QED) is 0.717. The number of carbonyl (C=O) groups is 1. The Labute approximate surface area is 149 Å². The zero-order chi connectivity index (χ0) is 18.5. The number of aromatic nitrogens is 1. The fourth-order valence-electron chi connectivity index (χ4n) is 2.41. The highest BCUT2D eigenvalue weighted by atomic mass is 19.2. The van der Waals surface area contributed by atoms with Crippen molar-refractivity contribution in [2.24, 2.45) is 0 Å². The van der Waals surface area contributed by atoms with E-state index in [4.69, 9.17) is 0 Å². The largest absolute Gasteiger partial charge is 0.348 e. The lowest BCUT2D eigenvalue weighted by Gasteiger charge is -2.09. The van der Waals surface area contributed by atoms with E-state index >= 15 is 0 Å². The van der Waals surface area contributed by atoms with Crippen LogP contribution >= 0.6 is 0 Å². The van der Waals surface area contributed by atoms with E-state index < -0.39 is 11.6 Å². The monoisotopic (exact) mass is 353 g/mol. The maximum atomic E-state index is 13.2. The van der Waals surface area contributed by atoms with Crippen molar-refractivity contribution in [1.82, 2.24) is 10.3 Å². The second-order valence-corrected chi connectivity index (χ2v) is 5.80. The van der Waals surface area contributed by atoms with E-state index in [2.05, 4.69) is 15.6 Å². The first-order valence-electron chi connectivity index (χ1n) is 8.04. The van der Waals surface area contributed by atoms with Gasteiger partial charge in [0.05, 0.1) is 5.56 Å². The van der Waals surface area contributed by atoms with E-state index in [-0.39, 0.29) is 5.91 Å². The second-order valence-electron chi connectivity index (χ2n) is 5.80. The molecule has 3 aromatic rings. The van der Waals surface area contributed by atoms with Crippen LogP contribution in [0.3, 0.4) is 0 Å². The van der Waals surface area contributed by atoms with Crippen LogP contribution in [0.2, 0.25) is 0 Å². The molecule has 2 aromatic carbocycles. The molecule has 6 heteroatoms. The van der Waals surface area contributed by atoms with Gasteiger partial charge in [0.2, 0.25) is 0 Å². The SMILES string of the molecule is Cc1ccccc1CNC(=O)c1ccc(Nc2ccc(F)c(F)c2)nc1. The van der Waals surface area contributed by atoms with E-state index in [0.717, 1.165) is 23.3 Å². The minimum absolute atomic E-state index is 0.236. The number of nitrogens with one attached hydrogen (secondary N) is 2. The van der Waals surface area contributed by atoms with E-state index in [1.54, 1.807) is 12.1 Å². The molecule has 1 aromatic heterocycles. The smallest absolute Gasteiger partial charge is 0.253 e. The molecule has 0 aliphatic carbocycles. The summed E-state index contributed by atoms with van der Waals surface area (Å²) in [4.78, 5) is 16.3. The van der Waals surface area contributed by atoms with Crippen LogP contribution in [0.1, 0.15) is 21.5 Å². The molecule has 26 heavy (non-hydrogen) atoms. The van der Waals surface area contributed by atoms with Gasteiger partial charge in [-0.05, 0) is 42.3 Å². The van der Waals surface area contributed by atoms with E-state index in [1.807, 2.05) is 31.2 Å². The summed E-state index contributed by atoms with van der Waals surface area (Å²) in [5.74, 6) is -1.67. The summed E-state index contributed by atoms with van der Waals surface area (Å²) in [6.45, 7) is 2.42. The topological polar surface area (TPSA) is 54.0 Å². The fraction of sp³-hybridized carbons (Fsp3) is 0.100. The average Bonchev–Trinajstić information content (AvgIpc) is 2.64. The van der Waals surface area contributed by atoms with E-state index in [0.29, 0.717) is 23.6 Å². The lowest BCUT2D eigenvalue weighted by molar-refractivity contribution is 0.0950. The lowest BCUT2D eigenvalue weighted by atomic mass is 10.1. The van der Waals surface area contributed by atoms with Gasteiger partial charge < -0.3 is 10.6 Å². The van der Waals surface area contributed by atoms with Crippen molar-refractivity contribution in [1.29, 1.82) is 0 Å². The molecule has 0 saturated carbocycles. The Morgan fingerprint density at radius 1 is 1.04 bits per heavy atom. The maximum absolute atomic E-state index is 13.2. The van der Waals surface area contributed by atoms with Crippen molar-refractivity contribution >= 4 is 17.4 Å². The van der Waals surface area contributed by atoms with Crippen LogP contribution in [0.5, 0.6) is 0 Å². The molecule has 0 aliphatic heterocycles. The van der Waals surface area contributed by atoms with Gasteiger partial charge in [-0.2, -0.15) is 0 Å². The highest BCUT2D eigenvalue weighted by Gasteiger charge is 2.08. The maximum Gasteiger partial charge on any atom is 0.253 e. The van der Waals surface area contributed by atoms with Crippen LogP contribution in [-0.4, -0.2) is 10.9 Å². The molecule has 132 valence electrons. The molecule has 3 rings (SSSR count). The summed E-state index contributed by atoms with van der Waals surface area (Å²) in [6.07, 6.45) is 1.43. The summed E-state index contributed by atoms with van der Waals surface area (Å²) < 4.78 is 26.2. The third kappa shape index (κ3) is 4.22. The first-order valence-corrected chi connectivity index (χ1v) is 8.04. The Balaban J connectivity index is 1.62. The first kappa shape index (κ1) is 17.5. The number of pyridine rings is 1. The number of hydrogen-bond donors (Lipinski definition) is 2. The zero-order valence-electron chi connectivity index (χ0n) is 14.1. The summed E-state index contributed by atoms with van der Waals surface area (Å²) in [7, 11) is 0. The van der Waals surface area contributed by atoms with Gasteiger partial charge in [-0.25, -0.2) is 13.8 Å². The Bertz CT molecular complexity index is 927. The van der Waals surface area contributed by atoms with Crippen LogP contribution in [0.15, 0.2) is 60.8 Å². The Morgan fingerprint density at radius 3 is 2.54 bits per heavy atom. The molecule has 1 amide bonds. The number of nitrogens with zero attached hydrogens (tertiary/aromatic N) is 1. The van der Waals surface area contributed by atoms with Crippen LogP contribution < -0.4 is 10.6 Å². The number of aryl methyl sites for hydroxylation is 1. The average molecular weight is 353 g/mol. The number of rotatable bonds is 5. The minimum Gasteiger partial charge on any atom is -0.348 e. The van der Waals surface area contributed by atoms with Gasteiger partial charge in [-0.1, -0.05) is 24.3 Å². The third-order valence-corrected chi connectivity index (χ3v) is 3.92. The summed E-state index contributed by atoms with van der Waals surface area (Å²) in [5, 5.41) is 5.70. The van der Waals surface area contributed by atoms with Crippen molar-refractivity contribution in [2.45, 2.75) is 13.5 Å². The Kier molecular flexibility index (Phi) is 5.22. The number of hydrogen-bond acceptors (Lipinski definition) is 3. The van der Waals surface area contributed by atoms with Crippen LogP contribution in [-0.2, 0) is 6.54 Å². The minimum atomic E-state index is -0.942. The third-order valence-electron chi connectivity index (χ3n) is 3.92. The Hall–Kier alpha value is -3.28. The van der Waals surface area contributed by atoms with Gasteiger partial charge in [0.15, 0.2) is 11.6 Å². The molecule has 0 saturated heterocycles. The first-order chi connectivity index (χ1) is 12.5. The number of anilines is 2. The van der Waals surface area contributed by atoms with Gasteiger partial charge in [-0.3, -0.25) is 4.79 Å². The van der Waals surface area contributed by atoms with E-state index in [9.17, 15) is 13.6 Å². The number of halogens is 2. The van der Waals surface area contributed by atoms with Gasteiger partial charge >= 0.3 is 0 Å². The molecule has 0 spiro atoms. The molecule has 0 radical (unpaired) electrons. The molecule has 0 unspecified atom stereocenters. The summed E-state index contributed by atoms with van der Waals surface area (Å²) in [5.41, 5.74) is 2.94. The van der Waals surface area contributed by atoms with Gasteiger partial charge in [-0.15, -0.1) is 0 Å². The van der Waals surface area contributed by atoms with Crippen molar-refractivity contribution in [2.75, 3.05) is 5.32 Å². The molecular weight excluding hydrogens is 336 g/mol. The second kappa shape index (κ2) is 7.74. The van der Waals surface area contributed by atoms with Crippen molar-refractivity contribution in [3.63, 3.8) is 0 Å². The molecule has 0 fully saturated rings. The standard InChI is InChI=1S/C20H17F2N3O/c1-13-4-2-3-5-14(13)11-24-20(26)15-6-9-19(23-12-15)25-16-7-8-17(21)18(22)10-16/h2-10,12H,11H2,1H3,(H,23,25)(H,24,26). The normalized spacial score (nSPS) is 10.4. The van der Waals surface area contributed by atoms with Gasteiger partial charge in [0.25, 0.3) is 5.91 Å². The molecule has 0 atom stereocenters. The van der Waals surface area contributed by atoms with Crippen molar-refractivity contribution in [3.8, 4) is 0 Å². The lowest BCUT2D eigenvalue weighted by Crippen LogP contribution is -2.23.